The van der Waals surface area contributed by atoms with Gasteiger partial charge in [-0.05, 0) is 54.4 Å². The maximum Gasteiger partial charge on any atom is 0.251 e. The molecule has 1 atom stereocenters. The van der Waals surface area contributed by atoms with E-state index in [0.717, 1.165) is 21.2 Å². The summed E-state index contributed by atoms with van der Waals surface area (Å²) in [4.78, 5) is 17.3. The molecule has 0 radical (unpaired) electrons. The third-order valence-electron chi connectivity index (χ3n) is 4.89. The van der Waals surface area contributed by atoms with Crippen LogP contribution in [-0.4, -0.2) is 19.3 Å². The number of nitrogens with one attached hydrogen (secondary N) is 1. The molecular formula is C23H21N3O3S3. The molecule has 0 spiro atoms. The van der Waals surface area contributed by atoms with Crippen LogP contribution < -0.4 is 10.5 Å². The topological polar surface area (TPSA) is 102 Å². The van der Waals surface area contributed by atoms with Crippen molar-refractivity contribution in [2.75, 3.05) is 0 Å². The highest BCUT2D eigenvalue weighted by Crippen LogP contribution is 2.31. The van der Waals surface area contributed by atoms with Crippen LogP contribution in [0.5, 0.6) is 0 Å². The molecule has 9 heteroatoms. The summed E-state index contributed by atoms with van der Waals surface area (Å²) < 4.78 is 25.3. The number of benzene rings is 3. The number of sulfonamides is 1. The fourth-order valence-corrected chi connectivity index (χ4v) is 5.73. The van der Waals surface area contributed by atoms with Gasteiger partial charge in [0.1, 0.15) is 0 Å². The average molecular weight is 484 g/mol. The summed E-state index contributed by atoms with van der Waals surface area (Å²) in [5.74, 6) is 0.530. The molecule has 1 amide bonds. The van der Waals surface area contributed by atoms with Crippen LogP contribution in [-0.2, 0) is 15.8 Å². The van der Waals surface area contributed by atoms with Crippen molar-refractivity contribution in [1.29, 1.82) is 0 Å². The molecule has 1 heterocycles. The first-order valence-electron chi connectivity index (χ1n) is 9.80. The monoisotopic (exact) mass is 483 g/mol. The van der Waals surface area contributed by atoms with Gasteiger partial charge in [0.15, 0.2) is 4.34 Å². The molecule has 1 unspecified atom stereocenters. The molecule has 4 aromatic rings. The minimum atomic E-state index is -3.80. The lowest BCUT2D eigenvalue weighted by Crippen LogP contribution is -2.26. The summed E-state index contributed by atoms with van der Waals surface area (Å²) in [5.41, 5.74) is 3.30. The molecule has 0 saturated carbocycles. The predicted octanol–water partition coefficient (Wildman–Crippen LogP) is 4.73. The first-order valence-corrected chi connectivity index (χ1v) is 13.2. The summed E-state index contributed by atoms with van der Waals surface area (Å²) in [7, 11) is -3.80. The van der Waals surface area contributed by atoms with Crippen molar-refractivity contribution in [3.05, 3.63) is 89.5 Å². The summed E-state index contributed by atoms with van der Waals surface area (Å²) in [6, 6.07) is 21.4. The third-order valence-corrected chi connectivity index (χ3v) is 8.05. The number of thiazole rings is 1. The Bertz CT molecular complexity index is 1330. The van der Waals surface area contributed by atoms with E-state index < -0.39 is 10.0 Å². The maximum atomic E-state index is 12.6. The van der Waals surface area contributed by atoms with Gasteiger partial charge in [-0.25, -0.2) is 18.5 Å². The standard InChI is InChI=1S/C23H21N3O3S3/c1-15(18-5-4-6-19(13-18)32(24,28)29)25-22(27)17-11-9-16(10-12-17)14-30-23-26-20-7-2-3-8-21(20)31-23/h2-13,15H,14H2,1H3,(H,25,27)(H2,24,28,29). The number of fused-ring (bicyclic) bond motifs is 1. The van der Waals surface area contributed by atoms with Crippen LogP contribution in [0.25, 0.3) is 10.2 Å². The Balaban J connectivity index is 1.37. The van der Waals surface area contributed by atoms with Gasteiger partial charge < -0.3 is 5.32 Å². The second-order valence-electron chi connectivity index (χ2n) is 7.25. The number of nitrogens with two attached hydrogens (primary N) is 1. The number of hydrogen-bond acceptors (Lipinski definition) is 6. The minimum absolute atomic E-state index is 0.0195. The van der Waals surface area contributed by atoms with E-state index in [2.05, 4.69) is 16.4 Å². The van der Waals surface area contributed by atoms with E-state index in [1.54, 1.807) is 54.3 Å². The molecule has 0 aliphatic heterocycles. The second-order valence-corrected chi connectivity index (χ2v) is 11.1. The Morgan fingerprint density at radius 1 is 1.09 bits per heavy atom. The maximum absolute atomic E-state index is 12.6. The molecule has 0 fully saturated rings. The lowest BCUT2D eigenvalue weighted by atomic mass is 10.1. The highest BCUT2D eigenvalue weighted by molar-refractivity contribution is 8.00. The fraction of sp³-hybridized carbons (Fsp3) is 0.130. The van der Waals surface area contributed by atoms with Gasteiger partial charge in [0, 0.05) is 11.3 Å². The number of rotatable bonds is 7. The van der Waals surface area contributed by atoms with E-state index >= 15 is 0 Å². The number of thioether (sulfide) groups is 1. The highest BCUT2D eigenvalue weighted by Gasteiger charge is 2.15. The van der Waals surface area contributed by atoms with Crippen molar-refractivity contribution in [3.63, 3.8) is 0 Å². The number of hydrogen-bond donors (Lipinski definition) is 2. The number of para-hydroxylation sites is 1. The molecule has 3 aromatic carbocycles. The van der Waals surface area contributed by atoms with Crippen LogP contribution in [0.2, 0.25) is 0 Å². The van der Waals surface area contributed by atoms with Gasteiger partial charge in [0.25, 0.3) is 5.91 Å². The minimum Gasteiger partial charge on any atom is -0.346 e. The van der Waals surface area contributed by atoms with Gasteiger partial charge in [-0.1, -0.05) is 48.2 Å². The van der Waals surface area contributed by atoms with Crippen LogP contribution in [0, 0.1) is 0 Å². The Morgan fingerprint density at radius 3 is 2.56 bits per heavy atom. The van der Waals surface area contributed by atoms with Crippen LogP contribution in [0.15, 0.2) is 82.0 Å². The SMILES string of the molecule is CC(NC(=O)c1ccc(CSc2nc3ccccc3s2)cc1)c1cccc(S(N)(=O)=O)c1. The summed E-state index contributed by atoms with van der Waals surface area (Å²) in [6.45, 7) is 1.79. The number of primary sulfonamides is 1. The summed E-state index contributed by atoms with van der Waals surface area (Å²) in [6.07, 6.45) is 0. The number of amides is 1. The van der Waals surface area contributed by atoms with E-state index in [1.165, 1.54) is 16.8 Å². The summed E-state index contributed by atoms with van der Waals surface area (Å²) in [5, 5.41) is 8.09. The second kappa shape index (κ2) is 9.41. The molecular weight excluding hydrogens is 462 g/mol. The first kappa shape index (κ1) is 22.5. The molecule has 4 rings (SSSR count). The average Bonchev–Trinajstić information content (AvgIpc) is 3.20. The Kier molecular flexibility index (Phi) is 6.61. The molecule has 0 saturated heterocycles. The Hall–Kier alpha value is -2.72. The lowest BCUT2D eigenvalue weighted by molar-refractivity contribution is 0.0940. The van der Waals surface area contributed by atoms with E-state index in [0.29, 0.717) is 11.1 Å². The molecule has 0 aliphatic rings. The molecule has 32 heavy (non-hydrogen) atoms. The van der Waals surface area contributed by atoms with Gasteiger partial charge >= 0.3 is 0 Å². The lowest BCUT2D eigenvalue weighted by Gasteiger charge is -2.15. The van der Waals surface area contributed by atoms with Crippen molar-refractivity contribution in [3.8, 4) is 0 Å². The van der Waals surface area contributed by atoms with Crippen LogP contribution in [0.3, 0.4) is 0 Å². The van der Waals surface area contributed by atoms with E-state index in [9.17, 15) is 13.2 Å². The van der Waals surface area contributed by atoms with Crippen molar-refractivity contribution >= 4 is 49.2 Å². The van der Waals surface area contributed by atoms with Gasteiger partial charge in [0.2, 0.25) is 10.0 Å². The van der Waals surface area contributed by atoms with Crippen molar-refractivity contribution in [1.82, 2.24) is 10.3 Å². The largest absolute Gasteiger partial charge is 0.346 e. The number of carbonyl (C=O) groups excluding carboxylic acids is 1. The summed E-state index contributed by atoms with van der Waals surface area (Å²) >= 11 is 3.35. The molecule has 0 bridgehead atoms. The molecule has 6 nitrogen and oxygen atoms in total. The van der Waals surface area contributed by atoms with E-state index in [-0.39, 0.29) is 16.8 Å². The van der Waals surface area contributed by atoms with Gasteiger partial charge in [0.05, 0.1) is 21.2 Å². The quantitative estimate of drug-likeness (QED) is 0.370. The van der Waals surface area contributed by atoms with Gasteiger partial charge in [-0.2, -0.15) is 0 Å². The van der Waals surface area contributed by atoms with Crippen molar-refractivity contribution in [2.24, 2.45) is 5.14 Å². The zero-order valence-electron chi connectivity index (χ0n) is 17.2. The highest BCUT2D eigenvalue weighted by atomic mass is 32.2. The van der Waals surface area contributed by atoms with Crippen LogP contribution in [0.1, 0.15) is 34.5 Å². The van der Waals surface area contributed by atoms with Crippen LogP contribution in [0.4, 0.5) is 0 Å². The zero-order chi connectivity index (χ0) is 22.7. The number of nitrogens with zero attached hydrogens (tertiary/aromatic N) is 1. The molecule has 0 aliphatic carbocycles. The zero-order valence-corrected chi connectivity index (χ0v) is 19.6. The third kappa shape index (κ3) is 5.36. The number of aromatic nitrogens is 1. The first-order chi connectivity index (χ1) is 15.3. The van der Waals surface area contributed by atoms with Crippen LogP contribution >= 0.6 is 23.1 Å². The fourth-order valence-electron chi connectivity index (χ4n) is 3.13. The normalized spacial score (nSPS) is 12.6. The van der Waals surface area contributed by atoms with E-state index in [1.807, 2.05) is 30.3 Å². The van der Waals surface area contributed by atoms with Crippen molar-refractivity contribution < 1.29 is 13.2 Å². The number of carbonyl (C=O) groups is 1. The molecule has 1 aromatic heterocycles. The molecule has 3 N–H and O–H groups in total. The predicted molar refractivity (Wildman–Crippen MR) is 129 cm³/mol. The van der Waals surface area contributed by atoms with Crippen molar-refractivity contribution in [2.45, 2.75) is 28.0 Å². The van der Waals surface area contributed by atoms with Gasteiger partial charge in [-0.3, -0.25) is 4.79 Å². The Labute approximate surface area is 194 Å². The van der Waals surface area contributed by atoms with Gasteiger partial charge in [-0.15, -0.1) is 11.3 Å². The van der Waals surface area contributed by atoms with E-state index in [4.69, 9.17) is 5.14 Å². The Morgan fingerprint density at radius 2 is 1.84 bits per heavy atom. The molecule has 164 valence electrons. The smallest absolute Gasteiger partial charge is 0.251 e.